The highest BCUT2D eigenvalue weighted by Gasteiger charge is 2.24. The van der Waals surface area contributed by atoms with Crippen LogP contribution in [-0.4, -0.2) is 18.1 Å². The minimum absolute atomic E-state index is 0.498. The topological polar surface area (TPSA) is 29.3 Å². The molecule has 0 heterocycles. The monoisotopic (exact) mass is 290 g/mol. The van der Waals surface area contributed by atoms with Crippen LogP contribution >= 0.6 is 12.2 Å². The molecule has 0 unspecified atom stereocenters. The first-order chi connectivity index (χ1) is 9.52. The van der Waals surface area contributed by atoms with Gasteiger partial charge < -0.3 is 10.6 Å². The summed E-state index contributed by atoms with van der Waals surface area (Å²) in [6.45, 7) is 4.39. The Kier molecular flexibility index (Phi) is 5.03. The third-order valence-electron chi connectivity index (χ3n) is 4.74. The second-order valence-corrected chi connectivity index (χ2v) is 6.52. The number of nitrogens with zero attached hydrogens (tertiary/aromatic N) is 1. The predicted molar refractivity (Wildman–Crippen MR) is 91.5 cm³/mol. The number of rotatable bonds is 4. The van der Waals surface area contributed by atoms with E-state index in [1.807, 2.05) is 0 Å². The van der Waals surface area contributed by atoms with Gasteiger partial charge in [-0.25, -0.2) is 0 Å². The first-order valence-electron chi connectivity index (χ1n) is 7.66. The summed E-state index contributed by atoms with van der Waals surface area (Å²) >= 11 is 5.22. The highest BCUT2D eigenvalue weighted by Crippen LogP contribution is 2.32. The van der Waals surface area contributed by atoms with Crippen LogP contribution in [0.4, 0.5) is 5.69 Å². The molecule has 110 valence electrons. The van der Waals surface area contributed by atoms with Gasteiger partial charge in [0.15, 0.2) is 0 Å². The minimum Gasteiger partial charge on any atom is -0.389 e. The van der Waals surface area contributed by atoms with Gasteiger partial charge >= 0.3 is 0 Å². The fraction of sp³-hybridized carbons (Fsp3) is 0.588. The molecule has 0 aromatic heterocycles. The van der Waals surface area contributed by atoms with Crippen molar-refractivity contribution in [3.05, 3.63) is 29.3 Å². The van der Waals surface area contributed by atoms with E-state index in [2.05, 4.69) is 44.0 Å². The summed E-state index contributed by atoms with van der Waals surface area (Å²) in [6, 6.07) is 7.03. The number of benzene rings is 1. The second-order valence-electron chi connectivity index (χ2n) is 6.08. The smallest absolute Gasteiger partial charge is 0.106 e. The lowest BCUT2D eigenvalue weighted by atomic mass is 9.84. The summed E-state index contributed by atoms with van der Waals surface area (Å²) in [7, 11) is 2.18. The van der Waals surface area contributed by atoms with Crippen LogP contribution in [0.3, 0.4) is 0 Å². The lowest BCUT2D eigenvalue weighted by Gasteiger charge is -2.36. The molecule has 1 aromatic carbocycles. The standard InChI is InChI=1S/C17H26N2S/c1-4-13-6-8-14(9-7-13)19(3)16-10-5-12(2)11-15(16)17(18)20/h5,10-11,13-14H,4,6-9H2,1-3H3,(H2,18,20). The van der Waals surface area contributed by atoms with Crippen LogP contribution in [-0.2, 0) is 0 Å². The zero-order valence-corrected chi connectivity index (χ0v) is 13.7. The van der Waals surface area contributed by atoms with Gasteiger partial charge in [0, 0.05) is 24.3 Å². The number of hydrogen-bond donors (Lipinski definition) is 1. The summed E-state index contributed by atoms with van der Waals surface area (Å²) < 4.78 is 0. The van der Waals surface area contributed by atoms with Gasteiger partial charge in [-0.15, -0.1) is 0 Å². The van der Waals surface area contributed by atoms with Crippen LogP contribution < -0.4 is 10.6 Å². The molecule has 1 saturated carbocycles. The molecule has 2 nitrogen and oxygen atoms in total. The van der Waals surface area contributed by atoms with Crippen molar-refractivity contribution < 1.29 is 0 Å². The Balaban J connectivity index is 2.17. The Bertz CT molecular complexity index is 476. The molecule has 2 N–H and O–H groups in total. The van der Waals surface area contributed by atoms with Crippen LogP contribution in [0.2, 0.25) is 0 Å². The van der Waals surface area contributed by atoms with Crippen molar-refractivity contribution in [2.45, 2.75) is 52.0 Å². The largest absolute Gasteiger partial charge is 0.389 e. The van der Waals surface area contributed by atoms with Crippen molar-refractivity contribution in [3.63, 3.8) is 0 Å². The summed E-state index contributed by atoms with van der Waals surface area (Å²) in [5, 5.41) is 0. The fourth-order valence-corrected chi connectivity index (χ4v) is 3.46. The SMILES string of the molecule is CCC1CCC(N(C)c2ccc(C)cc2C(N)=S)CC1. The molecule has 1 fully saturated rings. The van der Waals surface area contributed by atoms with E-state index in [4.69, 9.17) is 18.0 Å². The van der Waals surface area contributed by atoms with E-state index < -0.39 is 0 Å². The van der Waals surface area contributed by atoms with Crippen molar-refractivity contribution >= 4 is 22.9 Å². The van der Waals surface area contributed by atoms with Gasteiger partial charge in [0.1, 0.15) is 4.99 Å². The number of anilines is 1. The molecule has 1 aliphatic carbocycles. The van der Waals surface area contributed by atoms with Gasteiger partial charge in [-0.1, -0.05) is 37.2 Å². The second kappa shape index (κ2) is 6.57. The average molecular weight is 290 g/mol. The van der Waals surface area contributed by atoms with Crippen molar-refractivity contribution in [1.82, 2.24) is 0 Å². The summed E-state index contributed by atoms with van der Waals surface area (Å²) in [6.07, 6.45) is 6.57. The Morgan fingerprint density at radius 2 is 1.95 bits per heavy atom. The highest BCUT2D eigenvalue weighted by molar-refractivity contribution is 7.80. The maximum Gasteiger partial charge on any atom is 0.106 e. The number of hydrogen-bond acceptors (Lipinski definition) is 2. The summed E-state index contributed by atoms with van der Waals surface area (Å²) in [4.78, 5) is 2.89. The predicted octanol–water partition coefficient (Wildman–Crippen LogP) is 4.03. The lowest BCUT2D eigenvalue weighted by molar-refractivity contribution is 0.313. The third-order valence-corrected chi connectivity index (χ3v) is 4.96. The molecule has 0 saturated heterocycles. The van der Waals surface area contributed by atoms with Gasteiger partial charge in [0.2, 0.25) is 0 Å². The van der Waals surface area contributed by atoms with E-state index in [1.54, 1.807) is 0 Å². The normalized spacial score (nSPS) is 22.6. The van der Waals surface area contributed by atoms with Crippen LogP contribution in [0.15, 0.2) is 18.2 Å². The van der Waals surface area contributed by atoms with Crippen molar-refractivity contribution in [2.24, 2.45) is 11.7 Å². The maximum atomic E-state index is 5.90. The van der Waals surface area contributed by atoms with Crippen LogP contribution in [0, 0.1) is 12.8 Å². The molecule has 20 heavy (non-hydrogen) atoms. The molecule has 0 atom stereocenters. The van der Waals surface area contributed by atoms with Crippen molar-refractivity contribution in [3.8, 4) is 0 Å². The van der Waals surface area contributed by atoms with Gasteiger partial charge in [-0.2, -0.15) is 0 Å². The molecule has 0 spiro atoms. The van der Waals surface area contributed by atoms with Gasteiger partial charge in [-0.3, -0.25) is 0 Å². The quantitative estimate of drug-likeness (QED) is 0.849. The Morgan fingerprint density at radius 3 is 2.50 bits per heavy atom. The molecule has 3 heteroatoms. The summed E-state index contributed by atoms with van der Waals surface area (Å²) in [5.74, 6) is 0.924. The minimum atomic E-state index is 0.498. The first-order valence-corrected chi connectivity index (χ1v) is 8.07. The Morgan fingerprint density at radius 1 is 1.30 bits per heavy atom. The molecule has 2 rings (SSSR count). The van der Waals surface area contributed by atoms with E-state index in [0.717, 1.165) is 11.5 Å². The first kappa shape index (κ1) is 15.3. The highest BCUT2D eigenvalue weighted by atomic mass is 32.1. The van der Waals surface area contributed by atoms with Crippen molar-refractivity contribution in [2.75, 3.05) is 11.9 Å². The van der Waals surface area contributed by atoms with Crippen molar-refractivity contribution in [1.29, 1.82) is 0 Å². The summed E-state index contributed by atoms with van der Waals surface area (Å²) in [5.41, 5.74) is 9.30. The van der Waals surface area contributed by atoms with E-state index in [0.29, 0.717) is 11.0 Å². The van der Waals surface area contributed by atoms with E-state index in [1.165, 1.54) is 43.4 Å². The third kappa shape index (κ3) is 3.32. The van der Waals surface area contributed by atoms with Crippen LogP contribution in [0.5, 0.6) is 0 Å². The molecule has 1 aliphatic rings. The molecule has 0 aliphatic heterocycles. The van der Waals surface area contributed by atoms with Crippen LogP contribution in [0.25, 0.3) is 0 Å². The Labute approximate surface area is 128 Å². The van der Waals surface area contributed by atoms with Gasteiger partial charge in [-0.05, 0) is 50.7 Å². The zero-order valence-electron chi connectivity index (χ0n) is 12.9. The maximum absolute atomic E-state index is 5.90. The molecule has 1 aromatic rings. The zero-order chi connectivity index (χ0) is 14.7. The molecular weight excluding hydrogens is 264 g/mol. The lowest BCUT2D eigenvalue weighted by Crippen LogP contribution is -2.36. The number of aryl methyl sites for hydroxylation is 1. The molecule has 0 amide bonds. The number of thiocarbonyl (C=S) groups is 1. The van der Waals surface area contributed by atoms with Gasteiger partial charge in [0.25, 0.3) is 0 Å². The Hall–Kier alpha value is -1.09. The molecule has 0 bridgehead atoms. The molecule has 0 radical (unpaired) electrons. The number of nitrogens with two attached hydrogens (primary N) is 1. The average Bonchev–Trinajstić information content (AvgIpc) is 2.46. The van der Waals surface area contributed by atoms with Crippen LogP contribution in [0.1, 0.15) is 50.2 Å². The van der Waals surface area contributed by atoms with Gasteiger partial charge in [0.05, 0.1) is 0 Å². The fourth-order valence-electron chi connectivity index (χ4n) is 3.29. The molecular formula is C17H26N2S. The van der Waals surface area contributed by atoms with E-state index in [-0.39, 0.29) is 0 Å². The van der Waals surface area contributed by atoms with E-state index in [9.17, 15) is 0 Å². The van der Waals surface area contributed by atoms with E-state index >= 15 is 0 Å².